The monoisotopic (exact) mass is 416 g/mol. The maximum atomic E-state index is 14.1. The number of aromatic nitrogens is 5. The zero-order valence-electron chi connectivity index (χ0n) is 16.3. The molecule has 0 bridgehead atoms. The van der Waals surface area contributed by atoms with Gasteiger partial charge in [-0.2, -0.15) is 5.10 Å². The largest absolute Gasteiger partial charge is 0.364 e. The van der Waals surface area contributed by atoms with Crippen LogP contribution in [0.3, 0.4) is 0 Å². The molecule has 156 valence electrons. The summed E-state index contributed by atoms with van der Waals surface area (Å²) in [6, 6.07) is 3.20. The molecule has 0 aromatic carbocycles. The maximum absolute atomic E-state index is 14.1. The number of carbonyl (C=O) groups excluding carboxylic acids is 1. The van der Waals surface area contributed by atoms with Crippen LogP contribution in [0.15, 0.2) is 42.9 Å². The molecule has 30 heavy (non-hydrogen) atoms. The van der Waals surface area contributed by atoms with Crippen LogP contribution in [0.1, 0.15) is 36.5 Å². The van der Waals surface area contributed by atoms with E-state index >= 15 is 0 Å². The zero-order valence-corrected chi connectivity index (χ0v) is 16.3. The molecule has 0 saturated carbocycles. The van der Waals surface area contributed by atoms with Crippen molar-refractivity contribution in [3.05, 3.63) is 54.3 Å². The van der Waals surface area contributed by atoms with Crippen molar-refractivity contribution in [2.45, 2.75) is 38.4 Å². The van der Waals surface area contributed by atoms with Crippen LogP contribution in [-0.2, 0) is 6.54 Å². The first-order chi connectivity index (χ1) is 14.0. The number of hydrogen-bond donors (Lipinski definition) is 1. The number of amides is 1. The lowest BCUT2D eigenvalue weighted by Crippen LogP contribution is -2.20. The van der Waals surface area contributed by atoms with Crippen LogP contribution < -0.4 is 5.73 Å². The fraction of sp³-hybridized carbons (Fsp3) is 0.300. The van der Waals surface area contributed by atoms with E-state index in [4.69, 9.17) is 5.73 Å². The SMILES string of the molecule is CC(F)(F)Cn1cnc(C2=CCC(C)(F)C=C2)c1-c1ccc2ncc(C(N)=O)n2n1. The van der Waals surface area contributed by atoms with Crippen LogP contribution in [0.5, 0.6) is 0 Å². The smallest absolute Gasteiger partial charge is 0.269 e. The van der Waals surface area contributed by atoms with Gasteiger partial charge in [-0.05, 0) is 30.7 Å². The summed E-state index contributed by atoms with van der Waals surface area (Å²) >= 11 is 0. The highest BCUT2D eigenvalue weighted by Crippen LogP contribution is 2.34. The lowest BCUT2D eigenvalue weighted by molar-refractivity contribution is 0.00427. The predicted molar refractivity (Wildman–Crippen MR) is 105 cm³/mol. The summed E-state index contributed by atoms with van der Waals surface area (Å²) < 4.78 is 44.3. The number of allylic oxidation sites excluding steroid dienone is 4. The topological polar surface area (TPSA) is 91.1 Å². The number of rotatable bonds is 5. The van der Waals surface area contributed by atoms with Crippen molar-refractivity contribution < 1.29 is 18.0 Å². The molecule has 3 aromatic rings. The molecule has 3 aromatic heterocycles. The van der Waals surface area contributed by atoms with E-state index in [1.807, 2.05) is 0 Å². The summed E-state index contributed by atoms with van der Waals surface area (Å²) in [5.74, 6) is -3.72. The van der Waals surface area contributed by atoms with E-state index in [0.29, 0.717) is 28.3 Å². The lowest BCUT2D eigenvalue weighted by atomic mass is 9.93. The average Bonchev–Trinajstić information content (AvgIpc) is 3.24. The number of halogens is 3. The predicted octanol–water partition coefficient (Wildman–Crippen LogP) is 3.42. The van der Waals surface area contributed by atoms with Crippen molar-refractivity contribution in [2.24, 2.45) is 5.73 Å². The molecule has 1 amide bonds. The molecular weight excluding hydrogens is 397 g/mol. The quantitative estimate of drug-likeness (QED) is 0.690. The van der Waals surface area contributed by atoms with Gasteiger partial charge in [-0.3, -0.25) is 4.79 Å². The van der Waals surface area contributed by atoms with Gasteiger partial charge in [0.2, 0.25) is 0 Å². The average molecular weight is 416 g/mol. The van der Waals surface area contributed by atoms with Gasteiger partial charge in [-0.15, -0.1) is 0 Å². The Kier molecular flexibility index (Phi) is 4.52. The normalized spacial score (nSPS) is 19.3. The molecule has 3 heterocycles. The van der Waals surface area contributed by atoms with E-state index in [-0.39, 0.29) is 12.1 Å². The lowest BCUT2D eigenvalue weighted by Gasteiger charge is -2.19. The molecule has 0 fully saturated rings. The number of imidazole rings is 2. The fourth-order valence-electron chi connectivity index (χ4n) is 3.33. The maximum Gasteiger partial charge on any atom is 0.269 e. The highest BCUT2D eigenvalue weighted by Gasteiger charge is 2.28. The number of fused-ring (bicyclic) bond motifs is 1. The summed E-state index contributed by atoms with van der Waals surface area (Å²) in [6.45, 7) is 1.63. The molecule has 1 aliphatic carbocycles. The Hall–Kier alpha value is -3.43. The van der Waals surface area contributed by atoms with Crippen molar-refractivity contribution in [2.75, 3.05) is 0 Å². The second kappa shape index (κ2) is 6.82. The Morgan fingerprint density at radius 2 is 2.10 bits per heavy atom. The summed E-state index contributed by atoms with van der Waals surface area (Å²) in [4.78, 5) is 20.0. The van der Waals surface area contributed by atoms with Crippen molar-refractivity contribution in [3.63, 3.8) is 0 Å². The molecule has 0 saturated heterocycles. The molecule has 0 spiro atoms. The summed E-state index contributed by atoms with van der Waals surface area (Å²) in [5.41, 5.74) is 5.93. The molecule has 0 radical (unpaired) electrons. The van der Waals surface area contributed by atoms with E-state index in [1.54, 1.807) is 24.3 Å². The van der Waals surface area contributed by atoms with E-state index < -0.39 is 24.0 Å². The first kappa shape index (κ1) is 19.9. The zero-order chi connectivity index (χ0) is 21.7. The van der Waals surface area contributed by atoms with E-state index in [0.717, 1.165) is 6.92 Å². The Morgan fingerprint density at radius 1 is 1.33 bits per heavy atom. The highest BCUT2D eigenvalue weighted by molar-refractivity contribution is 5.91. The Bertz CT molecular complexity index is 1200. The Balaban J connectivity index is 1.89. The van der Waals surface area contributed by atoms with Gasteiger partial charge in [0.05, 0.1) is 30.5 Å². The van der Waals surface area contributed by atoms with Crippen LogP contribution in [0.2, 0.25) is 0 Å². The summed E-state index contributed by atoms with van der Waals surface area (Å²) in [7, 11) is 0. The molecule has 10 heteroatoms. The molecule has 7 nitrogen and oxygen atoms in total. The van der Waals surface area contributed by atoms with Gasteiger partial charge in [0, 0.05) is 13.3 Å². The van der Waals surface area contributed by atoms with Crippen molar-refractivity contribution >= 4 is 17.1 Å². The molecule has 0 aliphatic heterocycles. The number of hydrogen-bond acceptors (Lipinski definition) is 4. The number of carbonyl (C=O) groups is 1. The number of nitrogens with two attached hydrogens (primary N) is 1. The molecule has 1 atom stereocenters. The second-order valence-electron chi connectivity index (χ2n) is 7.61. The second-order valence-corrected chi connectivity index (χ2v) is 7.61. The third-order valence-corrected chi connectivity index (χ3v) is 4.75. The molecule has 1 unspecified atom stereocenters. The van der Waals surface area contributed by atoms with Crippen LogP contribution in [-0.4, -0.2) is 41.6 Å². The minimum absolute atomic E-state index is 0.0604. The van der Waals surface area contributed by atoms with Gasteiger partial charge in [0.25, 0.3) is 11.8 Å². The van der Waals surface area contributed by atoms with E-state index in [1.165, 1.54) is 34.6 Å². The number of nitrogens with zero attached hydrogens (tertiary/aromatic N) is 5. The minimum atomic E-state index is -3.00. The Labute approximate surface area is 169 Å². The summed E-state index contributed by atoms with van der Waals surface area (Å²) in [6.07, 6.45) is 7.39. The van der Waals surface area contributed by atoms with Crippen molar-refractivity contribution in [1.82, 2.24) is 24.1 Å². The first-order valence-electron chi connectivity index (χ1n) is 9.21. The molecule has 4 rings (SSSR count). The van der Waals surface area contributed by atoms with Gasteiger partial charge >= 0.3 is 0 Å². The van der Waals surface area contributed by atoms with Crippen molar-refractivity contribution in [3.8, 4) is 11.4 Å². The standard InChI is InChI=1S/C20H19F3N6O/c1-19(21)7-5-12(6-8-19)16-17(28(11-26-16)10-20(2,22)23)13-3-4-15-25-9-14(18(24)30)29(15)27-13/h3-7,9,11H,8,10H2,1-2H3,(H2,24,30). The minimum Gasteiger partial charge on any atom is -0.364 e. The first-order valence-corrected chi connectivity index (χ1v) is 9.21. The van der Waals surface area contributed by atoms with Crippen LogP contribution in [0.25, 0.3) is 22.6 Å². The van der Waals surface area contributed by atoms with Gasteiger partial charge in [-0.1, -0.05) is 12.2 Å². The number of primary amides is 1. The van der Waals surface area contributed by atoms with Crippen LogP contribution >= 0.6 is 0 Å². The molecule has 1 aliphatic rings. The summed E-state index contributed by atoms with van der Waals surface area (Å²) in [5, 5.41) is 4.40. The molecule has 2 N–H and O–H groups in total. The van der Waals surface area contributed by atoms with Crippen LogP contribution in [0, 0.1) is 0 Å². The van der Waals surface area contributed by atoms with Gasteiger partial charge in [-0.25, -0.2) is 27.7 Å². The van der Waals surface area contributed by atoms with E-state index in [2.05, 4.69) is 15.1 Å². The Morgan fingerprint density at radius 3 is 2.73 bits per heavy atom. The van der Waals surface area contributed by atoms with E-state index in [9.17, 15) is 18.0 Å². The third-order valence-electron chi connectivity index (χ3n) is 4.75. The third kappa shape index (κ3) is 3.72. The van der Waals surface area contributed by atoms with Gasteiger partial charge in [0.1, 0.15) is 17.1 Å². The number of alkyl halides is 3. The van der Waals surface area contributed by atoms with Gasteiger partial charge < -0.3 is 10.3 Å². The van der Waals surface area contributed by atoms with Crippen molar-refractivity contribution in [1.29, 1.82) is 0 Å². The fourth-order valence-corrected chi connectivity index (χ4v) is 3.33. The highest BCUT2D eigenvalue weighted by atomic mass is 19.3. The molecular formula is C20H19F3N6O. The van der Waals surface area contributed by atoms with Crippen LogP contribution in [0.4, 0.5) is 13.2 Å². The van der Waals surface area contributed by atoms with Gasteiger partial charge in [0.15, 0.2) is 5.65 Å².